The molecule has 86 valence electrons. The second-order valence-corrected chi connectivity index (χ2v) is 7.35. The Morgan fingerprint density at radius 2 is 1.35 bits per heavy atom. The SMILES string of the molecule is O=C=N[PH](N=C=O)(N=C=O)Sc1ccccc1. The zero-order valence-corrected chi connectivity index (χ0v) is 10.2. The summed E-state index contributed by atoms with van der Waals surface area (Å²) in [6.07, 6.45) is 3.81. The van der Waals surface area contributed by atoms with Gasteiger partial charge in [0.2, 0.25) is 0 Å². The molecule has 0 unspecified atom stereocenters. The molecule has 0 amide bonds. The summed E-state index contributed by atoms with van der Waals surface area (Å²) in [5.74, 6) is 0. The molecule has 1 aromatic carbocycles. The molecule has 0 bridgehead atoms. The van der Waals surface area contributed by atoms with Crippen LogP contribution in [0.15, 0.2) is 49.5 Å². The average Bonchev–Trinajstić information content (AvgIpc) is 2.31. The second kappa shape index (κ2) is 6.66. The molecule has 0 aromatic heterocycles. The molecule has 0 saturated heterocycles. The molecule has 0 saturated carbocycles. The Bertz CT molecular complexity index is 486. The number of carbonyl (C=O) groups excluding carboxylic acids is 3. The van der Waals surface area contributed by atoms with Crippen LogP contribution in [0, 0.1) is 0 Å². The number of benzene rings is 1. The molecule has 8 heteroatoms. The zero-order chi connectivity index (χ0) is 12.6. The van der Waals surface area contributed by atoms with E-state index in [1.54, 1.807) is 30.3 Å². The van der Waals surface area contributed by atoms with Crippen molar-refractivity contribution >= 4 is 36.5 Å². The molecule has 0 N–H and O–H groups in total. The van der Waals surface area contributed by atoms with Gasteiger partial charge < -0.3 is 0 Å². The van der Waals surface area contributed by atoms with Crippen LogP contribution in [0.3, 0.4) is 0 Å². The van der Waals surface area contributed by atoms with E-state index in [0.29, 0.717) is 4.90 Å². The second-order valence-electron chi connectivity index (χ2n) is 2.60. The van der Waals surface area contributed by atoms with E-state index in [-0.39, 0.29) is 0 Å². The minimum atomic E-state index is -3.52. The summed E-state index contributed by atoms with van der Waals surface area (Å²) < 4.78 is 10.1. The quantitative estimate of drug-likeness (QED) is 0.464. The van der Waals surface area contributed by atoms with Gasteiger partial charge in [-0.1, -0.05) is 0 Å². The average molecular weight is 267 g/mol. The Morgan fingerprint density at radius 1 is 0.882 bits per heavy atom. The van der Waals surface area contributed by atoms with Crippen LogP contribution in [-0.4, -0.2) is 18.2 Å². The van der Waals surface area contributed by atoms with Gasteiger partial charge in [0, 0.05) is 0 Å². The van der Waals surface area contributed by atoms with Crippen LogP contribution in [0.4, 0.5) is 0 Å². The standard InChI is InChI=1S/C9H6N3O3PS/c13-6-10-16(11-7-14,12-8-15)17-9-4-2-1-3-5-9/h1-5,16H. The third-order valence-corrected chi connectivity index (χ3v) is 5.85. The molecule has 0 aliphatic heterocycles. The van der Waals surface area contributed by atoms with Crippen LogP contribution < -0.4 is 0 Å². The fraction of sp³-hybridized carbons (Fsp3) is 0. The monoisotopic (exact) mass is 267 g/mol. The summed E-state index contributed by atoms with van der Waals surface area (Å²) in [6, 6.07) is 8.73. The van der Waals surface area contributed by atoms with Gasteiger partial charge in [-0.15, -0.1) is 0 Å². The number of rotatable bonds is 5. The van der Waals surface area contributed by atoms with Crippen LogP contribution >= 0.6 is 18.3 Å². The predicted octanol–water partition coefficient (Wildman–Crippen LogP) is 2.20. The van der Waals surface area contributed by atoms with Gasteiger partial charge in [0.25, 0.3) is 0 Å². The third-order valence-electron chi connectivity index (χ3n) is 1.57. The van der Waals surface area contributed by atoms with Crippen LogP contribution in [0.5, 0.6) is 0 Å². The van der Waals surface area contributed by atoms with Crippen molar-refractivity contribution in [3.05, 3.63) is 30.3 Å². The van der Waals surface area contributed by atoms with Gasteiger partial charge >= 0.3 is 100 Å². The molecule has 1 rings (SSSR count). The van der Waals surface area contributed by atoms with E-state index in [9.17, 15) is 14.4 Å². The van der Waals surface area contributed by atoms with Crippen molar-refractivity contribution in [3.8, 4) is 0 Å². The first-order chi connectivity index (χ1) is 8.26. The maximum atomic E-state index is 10.3. The fourth-order valence-electron chi connectivity index (χ4n) is 0.968. The first-order valence-electron chi connectivity index (χ1n) is 4.27. The molecule has 0 radical (unpaired) electrons. The van der Waals surface area contributed by atoms with Crippen molar-refractivity contribution < 1.29 is 14.4 Å². The molecule has 0 atom stereocenters. The van der Waals surface area contributed by atoms with Crippen molar-refractivity contribution in [2.45, 2.75) is 4.90 Å². The maximum absolute atomic E-state index is 10.3. The van der Waals surface area contributed by atoms with Crippen molar-refractivity contribution in [2.24, 2.45) is 14.3 Å². The molecule has 6 nitrogen and oxygen atoms in total. The topological polar surface area (TPSA) is 88.3 Å². The van der Waals surface area contributed by atoms with Crippen LogP contribution in [0.1, 0.15) is 0 Å². The summed E-state index contributed by atoms with van der Waals surface area (Å²) in [6.45, 7) is -3.52. The summed E-state index contributed by atoms with van der Waals surface area (Å²) in [4.78, 5) is 31.6. The van der Waals surface area contributed by atoms with Crippen molar-refractivity contribution in [3.63, 3.8) is 0 Å². The predicted molar refractivity (Wildman–Crippen MR) is 65.0 cm³/mol. The summed E-state index contributed by atoms with van der Waals surface area (Å²) >= 11 is 0.961. The fourth-order valence-corrected chi connectivity index (χ4v) is 4.32. The minimum absolute atomic E-state index is 0.677. The van der Waals surface area contributed by atoms with Crippen molar-refractivity contribution in [1.82, 2.24) is 0 Å². The van der Waals surface area contributed by atoms with Gasteiger partial charge in [-0.25, -0.2) is 0 Å². The number of hydrogen-bond acceptors (Lipinski definition) is 7. The summed E-state index contributed by atoms with van der Waals surface area (Å²) in [5.41, 5.74) is 0. The number of nitrogens with zero attached hydrogens (tertiary/aromatic N) is 3. The van der Waals surface area contributed by atoms with Crippen LogP contribution in [0.2, 0.25) is 0 Å². The Kier molecular flexibility index (Phi) is 5.18. The van der Waals surface area contributed by atoms with Gasteiger partial charge in [-0.3, -0.25) is 0 Å². The summed E-state index contributed by atoms with van der Waals surface area (Å²) in [5, 5.41) is 0. The van der Waals surface area contributed by atoms with E-state index in [1.165, 1.54) is 18.2 Å². The summed E-state index contributed by atoms with van der Waals surface area (Å²) in [7, 11) is 0. The van der Waals surface area contributed by atoms with E-state index in [1.807, 2.05) is 0 Å². The van der Waals surface area contributed by atoms with E-state index < -0.39 is 6.92 Å². The number of hydrogen-bond donors (Lipinski definition) is 0. The van der Waals surface area contributed by atoms with E-state index in [0.717, 1.165) is 11.4 Å². The van der Waals surface area contributed by atoms with Gasteiger partial charge in [-0.05, 0) is 0 Å². The Hall–Kier alpha value is -1.86. The Morgan fingerprint density at radius 3 is 1.76 bits per heavy atom. The van der Waals surface area contributed by atoms with E-state index in [2.05, 4.69) is 14.3 Å². The van der Waals surface area contributed by atoms with Gasteiger partial charge in [0.15, 0.2) is 0 Å². The van der Waals surface area contributed by atoms with Gasteiger partial charge in [0.05, 0.1) is 0 Å². The molecule has 0 aliphatic rings. The molecule has 0 fully saturated rings. The molecule has 1 aromatic rings. The molecular weight excluding hydrogens is 261 g/mol. The Labute approximate surface area is 101 Å². The number of isocyanates is 3. The zero-order valence-electron chi connectivity index (χ0n) is 8.36. The molecule has 17 heavy (non-hydrogen) atoms. The van der Waals surface area contributed by atoms with E-state index in [4.69, 9.17) is 0 Å². The van der Waals surface area contributed by atoms with Crippen LogP contribution in [0.25, 0.3) is 0 Å². The molecule has 0 aliphatic carbocycles. The Balaban J connectivity index is 3.18. The van der Waals surface area contributed by atoms with E-state index >= 15 is 0 Å². The molecule has 0 spiro atoms. The van der Waals surface area contributed by atoms with Gasteiger partial charge in [0.1, 0.15) is 0 Å². The van der Waals surface area contributed by atoms with Gasteiger partial charge in [-0.2, -0.15) is 0 Å². The first-order valence-corrected chi connectivity index (χ1v) is 7.66. The first kappa shape index (κ1) is 13.2. The third kappa shape index (κ3) is 3.89. The molecular formula is C9H6N3O3PS. The van der Waals surface area contributed by atoms with Crippen LogP contribution in [-0.2, 0) is 14.4 Å². The van der Waals surface area contributed by atoms with Crippen molar-refractivity contribution in [2.75, 3.05) is 0 Å². The normalized spacial score (nSPS) is 10.4. The molecule has 0 heterocycles. The van der Waals surface area contributed by atoms with Crippen molar-refractivity contribution in [1.29, 1.82) is 0 Å².